The van der Waals surface area contributed by atoms with E-state index in [2.05, 4.69) is 20.4 Å². The third-order valence-electron chi connectivity index (χ3n) is 2.97. The Kier molecular flexibility index (Phi) is 3.23. The maximum Gasteiger partial charge on any atom is 0.270 e. The van der Waals surface area contributed by atoms with Crippen LogP contribution in [0.25, 0.3) is 10.8 Å². The number of nitrogens with zero attached hydrogens (tertiary/aromatic N) is 3. The first-order valence-corrected chi connectivity index (χ1v) is 6.36. The van der Waals surface area contributed by atoms with E-state index in [1.807, 2.05) is 24.3 Å². The van der Waals surface area contributed by atoms with E-state index in [0.29, 0.717) is 17.5 Å². The summed E-state index contributed by atoms with van der Waals surface area (Å²) < 4.78 is 4.92. The number of anilines is 1. The number of carbonyl (C=O) groups is 1. The van der Waals surface area contributed by atoms with Crippen molar-refractivity contribution in [3.05, 3.63) is 47.7 Å². The lowest BCUT2D eigenvalue weighted by Crippen LogP contribution is -2.24. The van der Waals surface area contributed by atoms with Crippen LogP contribution in [0.5, 0.6) is 0 Å². The number of carbonyl (C=O) groups excluding carboxylic acids is 1. The van der Waals surface area contributed by atoms with Crippen LogP contribution in [0.3, 0.4) is 0 Å². The van der Waals surface area contributed by atoms with Gasteiger partial charge in [0.1, 0.15) is 11.5 Å². The van der Waals surface area contributed by atoms with Crippen LogP contribution in [0.1, 0.15) is 22.2 Å². The Labute approximate surface area is 120 Å². The van der Waals surface area contributed by atoms with Gasteiger partial charge in [-0.3, -0.25) is 4.79 Å². The molecule has 0 atom stereocenters. The van der Waals surface area contributed by atoms with Crippen LogP contribution in [-0.2, 0) is 6.54 Å². The summed E-state index contributed by atoms with van der Waals surface area (Å²) in [5, 5.41) is 8.00. The molecule has 0 saturated carbocycles. The zero-order valence-electron chi connectivity index (χ0n) is 11.3. The van der Waals surface area contributed by atoms with E-state index in [4.69, 9.17) is 10.3 Å². The Balaban J connectivity index is 1.81. The fourth-order valence-electron chi connectivity index (χ4n) is 2.00. The second kappa shape index (κ2) is 5.20. The number of fused-ring (bicyclic) bond motifs is 1. The van der Waals surface area contributed by atoms with Crippen molar-refractivity contribution < 1.29 is 9.32 Å². The van der Waals surface area contributed by atoms with Crippen molar-refractivity contribution in [2.75, 3.05) is 5.73 Å². The van der Waals surface area contributed by atoms with E-state index in [0.717, 1.165) is 10.8 Å². The number of benzene rings is 1. The number of nitrogens with one attached hydrogen (secondary N) is 1. The highest BCUT2D eigenvalue weighted by Crippen LogP contribution is 2.19. The number of nitrogen functional groups attached to an aromatic ring is 1. The van der Waals surface area contributed by atoms with Crippen LogP contribution in [0, 0.1) is 6.92 Å². The zero-order valence-corrected chi connectivity index (χ0v) is 11.3. The van der Waals surface area contributed by atoms with Gasteiger partial charge in [0.2, 0.25) is 5.89 Å². The van der Waals surface area contributed by atoms with E-state index in [1.54, 1.807) is 13.0 Å². The smallest absolute Gasteiger partial charge is 0.270 e. The van der Waals surface area contributed by atoms with Gasteiger partial charge < -0.3 is 15.6 Å². The van der Waals surface area contributed by atoms with Gasteiger partial charge in [-0.25, -0.2) is 4.98 Å². The predicted octanol–water partition coefficient (Wildman–Crippen LogP) is 1.44. The minimum atomic E-state index is -0.344. The third kappa shape index (κ3) is 2.66. The molecule has 0 aliphatic heterocycles. The molecular formula is C14H13N5O2. The largest absolute Gasteiger partial charge is 0.383 e. The molecule has 0 radical (unpaired) electrons. The highest BCUT2D eigenvalue weighted by molar-refractivity contribution is 5.99. The molecule has 0 aliphatic rings. The number of amides is 1. The molecule has 0 saturated heterocycles. The van der Waals surface area contributed by atoms with Gasteiger partial charge in [-0.15, -0.1) is 0 Å². The minimum Gasteiger partial charge on any atom is -0.383 e. The Morgan fingerprint density at radius 1 is 1.33 bits per heavy atom. The summed E-state index contributed by atoms with van der Waals surface area (Å²) >= 11 is 0. The molecule has 7 heteroatoms. The fraction of sp³-hybridized carbons (Fsp3) is 0.143. The summed E-state index contributed by atoms with van der Waals surface area (Å²) in [6.45, 7) is 1.86. The number of pyridine rings is 1. The monoisotopic (exact) mass is 283 g/mol. The first-order valence-electron chi connectivity index (χ1n) is 6.36. The number of hydrogen-bond acceptors (Lipinski definition) is 6. The molecule has 0 unspecified atom stereocenters. The highest BCUT2D eigenvalue weighted by Gasteiger charge is 2.12. The van der Waals surface area contributed by atoms with Crippen molar-refractivity contribution in [3.8, 4) is 0 Å². The van der Waals surface area contributed by atoms with Gasteiger partial charge >= 0.3 is 0 Å². The predicted molar refractivity (Wildman–Crippen MR) is 76.4 cm³/mol. The first-order chi connectivity index (χ1) is 10.1. The maximum absolute atomic E-state index is 12.1. The molecule has 1 amide bonds. The number of rotatable bonds is 3. The van der Waals surface area contributed by atoms with Gasteiger partial charge in [0.15, 0.2) is 5.82 Å². The first kappa shape index (κ1) is 13.0. The summed E-state index contributed by atoms with van der Waals surface area (Å²) in [6, 6.07) is 9.19. The van der Waals surface area contributed by atoms with Crippen molar-refractivity contribution in [3.63, 3.8) is 0 Å². The van der Waals surface area contributed by atoms with Crippen LogP contribution in [0.2, 0.25) is 0 Å². The van der Waals surface area contributed by atoms with Crippen molar-refractivity contribution in [2.24, 2.45) is 0 Å². The number of nitrogens with two attached hydrogens (primary N) is 1. The molecular weight excluding hydrogens is 270 g/mol. The van der Waals surface area contributed by atoms with Gasteiger partial charge in [-0.1, -0.05) is 29.4 Å². The molecule has 7 nitrogen and oxygen atoms in total. The average molecular weight is 283 g/mol. The van der Waals surface area contributed by atoms with E-state index in [1.165, 1.54) is 0 Å². The summed E-state index contributed by atoms with van der Waals surface area (Å²) in [7, 11) is 0. The van der Waals surface area contributed by atoms with Gasteiger partial charge in [-0.05, 0) is 18.4 Å². The summed E-state index contributed by atoms with van der Waals surface area (Å²) in [5.74, 6) is 0.845. The molecule has 0 fully saturated rings. The van der Waals surface area contributed by atoms with Gasteiger partial charge in [0.25, 0.3) is 5.91 Å². The van der Waals surface area contributed by atoms with Gasteiger partial charge in [0.05, 0.1) is 6.54 Å². The number of hydrogen-bond donors (Lipinski definition) is 2. The fourth-order valence-corrected chi connectivity index (χ4v) is 2.00. The van der Waals surface area contributed by atoms with Crippen LogP contribution >= 0.6 is 0 Å². The van der Waals surface area contributed by atoms with Crippen molar-refractivity contribution in [1.82, 2.24) is 20.4 Å². The second-order valence-electron chi connectivity index (χ2n) is 4.53. The lowest BCUT2D eigenvalue weighted by atomic mass is 10.1. The minimum absolute atomic E-state index is 0.147. The molecule has 2 heterocycles. The van der Waals surface area contributed by atoms with Crippen LogP contribution in [-0.4, -0.2) is 21.0 Å². The molecule has 3 rings (SSSR count). The Hall–Kier alpha value is -2.96. The van der Waals surface area contributed by atoms with Crippen LogP contribution in [0.4, 0.5) is 5.82 Å². The van der Waals surface area contributed by atoms with Crippen molar-refractivity contribution >= 4 is 22.5 Å². The molecule has 3 aromatic rings. The SMILES string of the molecule is Cc1noc(CNC(=O)c2cc3ccccc3c(N)n2)n1. The Morgan fingerprint density at radius 2 is 2.14 bits per heavy atom. The molecule has 0 aliphatic carbocycles. The molecule has 106 valence electrons. The lowest BCUT2D eigenvalue weighted by molar-refractivity contribution is 0.0941. The van der Waals surface area contributed by atoms with E-state index >= 15 is 0 Å². The van der Waals surface area contributed by atoms with E-state index in [-0.39, 0.29) is 18.1 Å². The Morgan fingerprint density at radius 3 is 2.90 bits per heavy atom. The average Bonchev–Trinajstić information content (AvgIpc) is 2.90. The van der Waals surface area contributed by atoms with E-state index in [9.17, 15) is 4.79 Å². The van der Waals surface area contributed by atoms with Crippen LogP contribution in [0.15, 0.2) is 34.9 Å². The molecule has 1 aromatic carbocycles. The zero-order chi connectivity index (χ0) is 14.8. The molecule has 3 N–H and O–H groups in total. The third-order valence-corrected chi connectivity index (χ3v) is 2.97. The number of aryl methyl sites for hydroxylation is 1. The second-order valence-corrected chi connectivity index (χ2v) is 4.53. The van der Waals surface area contributed by atoms with Crippen molar-refractivity contribution in [2.45, 2.75) is 13.5 Å². The molecule has 0 bridgehead atoms. The molecule has 2 aromatic heterocycles. The summed E-state index contributed by atoms with van der Waals surface area (Å²) in [6.07, 6.45) is 0. The highest BCUT2D eigenvalue weighted by atomic mass is 16.5. The normalized spacial score (nSPS) is 10.7. The Bertz CT molecular complexity index is 812. The van der Waals surface area contributed by atoms with Crippen LogP contribution < -0.4 is 11.1 Å². The van der Waals surface area contributed by atoms with Crippen molar-refractivity contribution in [1.29, 1.82) is 0 Å². The standard InChI is InChI=1S/C14H13N5O2/c1-8-17-12(21-19-8)7-16-14(20)11-6-9-4-2-3-5-10(9)13(15)18-11/h2-6H,7H2,1H3,(H2,15,18)(H,16,20). The summed E-state index contributed by atoms with van der Waals surface area (Å²) in [5.41, 5.74) is 6.13. The maximum atomic E-state index is 12.1. The van der Waals surface area contributed by atoms with E-state index < -0.39 is 0 Å². The molecule has 0 spiro atoms. The topological polar surface area (TPSA) is 107 Å². The summed E-state index contributed by atoms with van der Waals surface area (Å²) in [4.78, 5) is 20.2. The van der Waals surface area contributed by atoms with Gasteiger partial charge in [0, 0.05) is 5.39 Å². The number of aromatic nitrogens is 3. The molecule has 21 heavy (non-hydrogen) atoms. The van der Waals surface area contributed by atoms with Gasteiger partial charge in [-0.2, -0.15) is 4.98 Å². The lowest BCUT2D eigenvalue weighted by Gasteiger charge is -2.06. The quantitative estimate of drug-likeness (QED) is 0.753.